The Bertz CT molecular complexity index is 330. The van der Waals surface area contributed by atoms with Gasteiger partial charge in [0, 0.05) is 7.05 Å². The summed E-state index contributed by atoms with van der Waals surface area (Å²) in [5.41, 5.74) is 6.75. The predicted molar refractivity (Wildman–Crippen MR) is 61.2 cm³/mol. The van der Waals surface area contributed by atoms with Crippen molar-refractivity contribution in [3.8, 4) is 12.3 Å². The fourth-order valence-corrected chi connectivity index (χ4v) is 1.40. The number of rotatable bonds is 3. The zero-order valence-corrected chi connectivity index (χ0v) is 8.96. The summed E-state index contributed by atoms with van der Waals surface area (Å²) in [4.78, 5) is 0. The van der Waals surface area contributed by atoms with Crippen molar-refractivity contribution in [2.75, 3.05) is 18.6 Å². The molecule has 1 aromatic carbocycles. The second-order valence-corrected chi connectivity index (χ2v) is 3.44. The summed E-state index contributed by atoms with van der Waals surface area (Å²) < 4.78 is 0. The van der Waals surface area contributed by atoms with Gasteiger partial charge in [0.25, 0.3) is 0 Å². The van der Waals surface area contributed by atoms with Crippen LogP contribution in [-0.4, -0.2) is 13.6 Å². The number of hydrogen-bond donors (Lipinski definition) is 1. The molecule has 0 unspecified atom stereocenters. The van der Waals surface area contributed by atoms with Gasteiger partial charge in [-0.25, -0.2) is 5.43 Å². The van der Waals surface area contributed by atoms with E-state index in [1.807, 2.05) is 12.1 Å². The second-order valence-electron chi connectivity index (χ2n) is 3.44. The summed E-state index contributed by atoms with van der Waals surface area (Å²) in [7, 11) is 1.96. The van der Waals surface area contributed by atoms with Gasteiger partial charge >= 0.3 is 0 Å². The average Bonchev–Trinajstić information content (AvgIpc) is 2.12. The maximum Gasteiger partial charge on any atom is 0.0759 e. The molecule has 0 aliphatic rings. The molecule has 0 atom stereocenters. The third-order valence-electron chi connectivity index (χ3n) is 2.01. The number of hydrazine groups is 1. The van der Waals surface area contributed by atoms with E-state index in [0.717, 1.165) is 5.69 Å². The van der Waals surface area contributed by atoms with Gasteiger partial charge in [-0.15, -0.1) is 6.42 Å². The van der Waals surface area contributed by atoms with E-state index >= 15 is 0 Å². The third kappa shape index (κ3) is 2.79. The topological polar surface area (TPSA) is 15.3 Å². The number of aryl methyl sites for hydroxylation is 2. The first-order chi connectivity index (χ1) is 6.63. The fraction of sp³-hybridized carbons (Fsp3) is 0.333. The van der Waals surface area contributed by atoms with Gasteiger partial charge < -0.3 is 5.01 Å². The van der Waals surface area contributed by atoms with Gasteiger partial charge in [0.1, 0.15) is 0 Å². The molecule has 0 heterocycles. The minimum Gasteiger partial charge on any atom is -0.311 e. The number of anilines is 1. The van der Waals surface area contributed by atoms with E-state index in [-0.39, 0.29) is 0 Å². The van der Waals surface area contributed by atoms with Crippen molar-refractivity contribution in [2.24, 2.45) is 0 Å². The number of nitrogens with one attached hydrogen (secondary N) is 1. The van der Waals surface area contributed by atoms with Crippen molar-refractivity contribution in [1.29, 1.82) is 0 Å². The Hall–Kier alpha value is -1.46. The van der Waals surface area contributed by atoms with Crippen molar-refractivity contribution >= 4 is 5.69 Å². The van der Waals surface area contributed by atoms with E-state index in [1.54, 1.807) is 0 Å². The van der Waals surface area contributed by atoms with Gasteiger partial charge in [0.2, 0.25) is 0 Å². The molecule has 0 fully saturated rings. The van der Waals surface area contributed by atoms with Crippen LogP contribution >= 0.6 is 0 Å². The summed E-state index contributed by atoms with van der Waals surface area (Å²) >= 11 is 0. The van der Waals surface area contributed by atoms with Crippen LogP contribution < -0.4 is 10.4 Å². The molecule has 1 rings (SSSR count). The Labute approximate surface area is 85.9 Å². The zero-order valence-electron chi connectivity index (χ0n) is 8.96. The van der Waals surface area contributed by atoms with Crippen LogP contribution in [0.1, 0.15) is 11.1 Å². The molecule has 1 aromatic rings. The van der Waals surface area contributed by atoms with Gasteiger partial charge in [-0.05, 0) is 37.1 Å². The summed E-state index contributed by atoms with van der Waals surface area (Å²) in [5.74, 6) is 2.54. The van der Waals surface area contributed by atoms with E-state index < -0.39 is 0 Å². The maximum absolute atomic E-state index is 5.18. The molecule has 0 saturated carbocycles. The standard InChI is InChI=1S/C12H16N2/c1-5-6-13-14(4)12-8-10(2)7-11(3)9-12/h1,7-9,13H,6H2,2-4H3. The lowest BCUT2D eigenvalue weighted by molar-refractivity contribution is 0.748. The molecule has 14 heavy (non-hydrogen) atoms. The zero-order chi connectivity index (χ0) is 10.6. The van der Waals surface area contributed by atoms with Gasteiger partial charge in [-0.2, -0.15) is 0 Å². The molecule has 0 aromatic heterocycles. The molecule has 0 aliphatic carbocycles. The molecular formula is C12H16N2. The minimum absolute atomic E-state index is 0.545. The Morgan fingerprint density at radius 1 is 1.29 bits per heavy atom. The van der Waals surface area contributed by atoms with Crippen molar-refractivity contribution in [2.45, 2.75) is 13.8 Å². The first-order valence-corrected chi connectivity index (χ1v) is 4.62. The molecule has 2 nitrogen and oxygen atoms in total. The molecular weight excluding hydrogens is 172 g/mol. The second kappa shape index (κ2) is 4.69. The van der Waals surface area contributed by atoms with Gasteiger partial charge in [0.15, 0.2) is 0 Å². The van der Waals surface area contributed by atoms with E-state index in [4.69, 9.17) is 6.42 Å². The highest BCUT2D eigenvalue weighted by atomic mass is 15.5. The first kappa shape index (κ1) is 10.6. The monoisotopic (exact) mass is 188 g/mol. The highest BCUT2D eigenvalue weighted by Crippen LogP contribution is 2.15. The molecule has 0 radical (unpaired) electrons. The average molecular weight is 188 g/mol. The summed E-state index contributed by atoms with van der Waals surface area (Å²) in [5, 5.41) is 1.94. The molecule has 0 amide bonds. The highest BCUT2D eigenvalue weighted by molar-refractivity contribution is 5.49. The van der Waals surface area contributed by atoms with Gasteiger partial charge in [0.05, 0.1) is 12.2 Å². The maximum atomic E-state index is 5.18. The van der Waals surface area contributed by atoms with Crippen molar-refractivity contribution < 1.29 is 0 Å². The first-order valence-electron chi connectivity index (χ1n) is 4.62. The van der Waals surface area contributed by atoms with Crippen LogP contribution in [-0.2, 0) is 0 Å². The molecule has 0 saturated heterocycles. The van der Waals surface area contributed by atoms with Gasteiger partial charge in [-0.3, -0.25) is 0 Å². The summed E-state index contributed by atoms with van der Waals surface area (Å²) in [6.07, 6.45) is 5.18. The van der Waals surface area contributed by atoms with Crippen LogP contribution in [0.4, 0.5) is 5.69 Å². The lowest BCUT2D eigenvalue weighted by Gasteiger charge is -2.20. The Balaban J connectivity index is 2.79. The number of benzene rings is 1. The fourth-order valence-electron chi connectivity index (χ4n) is 1.40. The normalized spacial score (nSPS) is 9.57. The number of terminal acetylenes is 1. The van der Waals surface area contributed by atoms with Crippen molar-refractivity contribution in [3.63, 3.8) is 0 Å². The molecule has 74 valence electrons. The largest absolute Gasteiger partial charge is 0.311 e. The van der Waals surface area contributed by atoms with Crippen LogP contribution in [0.15, 0.2) is 18.2 Å². The van der Waals surface area contributed by atoms with Crippen LogP contribution in [0.3, 0.4) is 0 Å². The quantitative estimate of drug-likeness (QED) is 0.575. The Kier molecular flexibility index (Phi) is 3.55. The number of hydrogen-bond acceptors (Lipinski definition) is 2. The van der Waals surface area contributed by atoms with Crippen molar-refractivity contribution in [1.82, 2.24) is 5.43 Å². The summed E-state index contributed by atoms with van der Waals surface area (Å²) in [6.45, 7) is 4.72. The lowest BCUT2D eigenvalue weighted by atomic mass is 10.1. The lowest BCUT2D eigenvalue weighted by Crippen LogP contribution is -2.34. The molecule has 2 heteroatoms. The molecule has 0 bridgehead atoms. The van der Waals surface area contributed by atoms with E-state index in [1.165, 1.54) is 11.1 Å². The van der Waals surface area contributed by atoms with Crippen LogP contribution in [0.2, 0.25) is 0 Å². The Morgan fingerprint density at radius 2 is 1.86 bits per heavy atom. The smallest absolute Gasteiger partial charge is 0.0759 e. The SMILES string of the molecule is C#CCNN(C)c1cc(C)cc(C)c1. The summed E-state index contributed by atoms with van der Waals surface area (Å²) in [6, 6.07) is 6.39. The van der Waals surface area contributed by atoms with Crippen LogP contribution in [0.25, 0.3) is 0 Å². The van der Waals surface area contributed by atoms with Crippen LogP contribution in [0, 0.1) is 26.2 Å². The highest BCUT2D eigenvalue weighted by Gasteiger charge is 2.00. The van der Waals surface area contributed by atoms with Crippen molar-refractivity contribution in [3.05, 3.63) is 29.3 Å². The van der Waals surface area contributed by atoms with E-state index in [0.29, 0.717) is 6.54 Å². The number of nitrogens with zero attached hydrogens (tertiary/aromatic N) is 1. The van der Waals surface area contributed by atoms with Gasteiger partial charge in [-0.1, -0.05) is 12.0 Å². The van der Waals surface area contributed by atoms with E-state index in [2.05, 4.69) is 43.4 Å². The van der Waals surface area contributed by atoms with E-state index in [9.17, 15) is 0 Å². The predicted octanol–water partition coefficient (Wildman–Crippen LogP) is 1.88. The Morgan fingerprint density at radius 3 is 2.36 bits per heavy atom. The minimum atomic E-state index is 0.545. The molecule has 0 aliphatic heterocycles. The molecule has 1 N–H and O–H groups in total. The molecule has 0 spiro atoms. The van der Waals surface area contributed by atoms with Crippen LogP contribution in [0.5, 0.6) is 0 Å². The third-order valence-corrected chi connectivity index (χ3v) is 2.01.